The number of ether oxygens (including phenoxy) is 1. The maximum atomic E-state index is 9.48. The van der Waals surface area contributed by atoms with Gasteiger partial charge in [0.2, 0.25) is 0 Å². The van der Waals surface area contributed by atoms with Gasteiger partial charge in [0, 0.05) is 0 Å². The number of aliphatic hydroxyl groups excluding tert-OH is 1. The Morgan fingerprint density at radius 3 is 2.55 bits per heavy atom. The summed E-state index contributed by atoms with van der Waals surface area (Å²) in [5.41, 5.74) is 2.11. The van der Waals surface area contributed by atoms with E-state index in [1.165, 1.54) is 5.56 Å². The normalized spacial score (nSPS) is 12.2. The second-order valence-electron chi connectivity index (χ2n) is 4.80. The summed E-state index contributed by atoms with van der Waals surface area (Å²) in [5, 5.41) is 10.0. The van der Waals surface area contributed by atoms with Gasteiger partial charge in [-0.25, -0.2) is 0 Å². The van der Waals surface area contributed by atoms with Crippen LogP contribution in [0.1, 0.15) is 30.6 Å². The van der Waals surface area contributed by atoms with Gasteiger partial charge in [0.25, 0.3) is 0 Å². The van der Waals surface area contributed by atoms with Gasteiger partial charge in [-0.05, 0) is 43.0 Å². The molecule has 0 heterocycles. The molecule has 0 spiro atoms. The quantitative estimate of drug-likeness (QED) is 0.799. The lowest BCUT2D eigenvalue weighted by molar-refractivity contribution is 0.199. The van der Waals surface area contributed by atoms with E-state index in [4.69, 9.17) is 16.3 Å². The molecule has 0 aliphatic heterocycles. The monoisotopic (exact) mass is 290 g/mol. The van der Waals surface area contributed by atoms with E-state index in [1.54, 1.807) is 13.0 Å². The molecule has 0 bridgehead atoms. The smallest absolute Gasteiger partial charge is 0.137 e. The van der Waals surface area contributed by atoms with E-state index in [0.717, 1.165) is 18.4 Å². The Morgan fingerprint density at radius 1 is 1.15 bits per heavy atom. The van der Waals surface area contributed by atoms with Crippen LogP contribution in [-0.2, 0) is 6.42 Å². The van der Waals surface area contributed by atoms with Crippen molar-refractivity contribution in [2.75, 3.05) is 6.61 Å². The third kappa shape index (κ3) is 4.26. The molecule has 0 aliphatic carbocycles. The van der Waals surface area contributed by atoms with Crippen molar-refractivity contribution in [3.8, 4) is 5.75 Å². The lowest BCUT2D eigenvalue weighted by Gasteiger charge is -2.11. The Bertz CT molecular complexity index is 538. The number of benzene rings is 2. The van der Waals surface area contributed by atoms with Crippen LogP contribution in [0.2, 0.25) is 5.02 Å². The number of halogens is 1. The van der Waals surface area contributed by atoms with Gasteiger partial charge >= 0.3 is 0 Å². The molecule has 106 valence electrons. The second kappa shape index (κ2) is 7.32. The van der Waals surface area contributed by atoms with E-state index < -0.39 is 6.10 Å². The molecule has 0 saturated heterocycles. The minimum Gasteiger partial charge on any atom is -0.492 e. The summed E-state index contributed by atoms with van der Waals surface area (Å²) < 4.78 is 5.68. The van der Waals surface area contributed by atoms with Crippen molar-refractivity contribution >= 4 is 11.6 Å². The summed E-state index contributed by atoms with van der Waals surface area (Å²) in [6.45, 7) is 2.34. The van der Waals surface area contributed by atoms with Crippen LogP contribution in [0.15, 0.2) is 48.5 Å². The van der Waals surface area contributed by atoms with Crippen molar-refractivity contribution < 1.29 is 9.84 Å². The van der Waals surface area contributed by atoms with Crippen LogP contribution in [0.3, 0.4) is 0 Å². The number of hydrogen-bond acceptors (Lipinski definition) is 2. The Hall–Kier alpha value is -1.51. The van der Waals surface area contributed by atoms with Crippen LogP contribution in [0.25, 0.3) is 0 Å². The first kappa shape index (κ1) is 14.9. The highest BCUT2D eigenvalue weighted by molar-refractivity contribution is 6.32. The lowest BCUT2D eigenvalue weighted by Crippen LogP contribution is -2.00. The molecule has 3 heteroatoms. The standard InChI is InChI=1S/C17H19ClO2/c1-13(19)15-9-10-17(16(18)12-15)20-11-5-8-14-6-3-2-4-7-14/h2-4,6-7,9-10,12-13,19H,5,8,11H2,1H3. The number of hydrogen-bond donors (Lipinski definition) is 1. The molecule has 0 aromatic heterocycles. The highest BCUT2D eigenvalue weighted by atomic mass is 35.5. The molecule has 0 radical (unpaired) electrons. The number of aryl methyl sites for hydroxylation is 1. The van der Waals surface area contributed by atoms with Crippen LogP contribution in [0, 0.1) is 0 Å². The van der Waals surface area contributed by atoms with Crippen LogP contribution in [0.5, 0.6) is 5.75 Å². The third-order valence-electron chi connectivity index (χ3n) is 3.15. The Balaban J connectivity index is 1.82. The molecule has 0 fully saturated rings. The molecular weight excluding hydrogens is 272 g/mol. The average Bonchev–Trinajstić information content (AvgIpc) is 2.46. The summed E-state index contributed by atoms with van der Waals surface area (Å²) in [4.78, 5) is 0. The lowest BCUT2D eigenvalue weighted by atomic mass is 10.1. The van der Waals surface area contributed by atoms with Crippen molar-refractivity contribution in [1.29, 1.82) is 0 Å². The van der Waals surface area contributed by atoms with Gasteiger partial charge in [0.1, 0.15) is 5.75 Å². The summed E-state index contributed by atoms with van der Waals surface area (Å²) in [6.07, 6.45) is 1.42. The van der Waals surface area contributed by atoms with Gasteiger partial charge in [-0.3, -0.25) is 0 Å². The third-order valence-corrected chi connectivity index (χ3v) is 3.44. The van der Waals surface area contributed by atoms with Crippen molar-refractivity contribution in [2.24, 2.45) is 0 Å². The fraction of sp³-hybridized carbons (Fsp3) is 0.294. The largest absolute Gasteiger partial charge is 0.492 e. The average molecular weight is 291 g/mol. The van der Waals surface area contributed by atoms with E-state index in [0.29, 0.717) is 17.4 Å². The molecule has 0 aliphatic rings. The molecule has 0 amide bonds. The molecule has 2 aromatic rings. The van der Waals surface area contributed by atoms with Crippen LogP contribution in [0.4, 0.5) is 0 Å². The molecule has 2 rings (SSSR count). The highest BCUT2D eigenvalue weighted by Gasteiger charge is 2.06. The zero-order valence-electron chi connectivity index (χ0n) is 11.6. The first-order valence-corrected chi connectivity index (χ1v) is 7.19. The van der Waals surface area contributed by atoms with Gasteiger partial charge in [-0.2, -0.15) is 0 Å². The predicted molar refractivity (Wildman–Crippen MR) is 82.3 cm³/mol. The fourth-order valence-electron chi connectivity index (χ4n) is 2.00. The van der Waals surface area contributed by atoms with Gasteiger partial charge in [-0.1, -0.05) is 48.0 Å². The van der Waals surface area contributed by atoms with Gasteiger partial charge < -0.3 is 9.84 Å². The van der Waals surface area contributed by atoms with E-state index in [9.17, 15) is 5.11 Å². The van der Waals surface area contributed by atoms with Crippen molar-refractivity contribution in [3.05, 3.63) is 64.7 Å². The molecule has 2 nitrogen and oxygen atoms in total. The van der Waals surface area contributed by atoms with Crippen molar-refractivity contribution in [1.82, 2.24) is 0 Å². The van der Waals surface area contributed by atoms with E-state index in [1.807, 2.05) is 30.3 Å². The van der Waals surface area contributed by atoms with E-state index in [-0.39, 0.29) is 0 Å². The van der Waals surface area contributed by atoms with Gasteiger partial charge in [0.15, 0.2) is 0 Å². The zero-order chi connectivity index (χ0) is 14.4. The van der Waals surface area contributed by atoms with Crippen LogP contribution in [-0.4, -0.2) is 11.7 Å². The zero-order valence-corrected chi connectivity index (χ0v) is 12.3. The van der Waals surface area contributed by atoms with E-state index in [2.05, 4.69) is 12.1 Å². The first-order chi connectivity index (χ1) is 9.66. The second-order valence-corrected chi connectivity index (χ2v) is 5.21. The van der Waals surface area contributed by atoms with Crippen molar-refractivity contribution in [3.63, 3.8) is 0 Å². The Labute approximate surface area is 125 Å². The van der Waals surface area contributed by atoms with E-state index >= 15 is 0 Å². The van der Waals surface area contributed by atoms with Gasteiger partial charge in [-0.15, -0.1) is 0 Å². The number of rotatable bonds is 6. The molecule has 2 aromatic carbocycles. The molecule has 1 atom stereocenters. The summed E-state index contributed by atoms with van der Waals surface area (Å²) in [5.74, 6) is 0.670. The molecule has 0 saturated carbocycles. The first-order valence-electron chi connectivity index (χ1n) is 6.81. The van der Waals surface area contributed by atoms with Crippen molar-refractivity contribution in [2.45, 2.75) is 25.9 Å². The SMILES string of the molecule is CC(O)c1ccc(OCCCc2ccccc2)c(Cl)c1. The fourth-order valence-corrected chi connectivity index (χ4v) is 2.24. The highest BCUT2D eigenvalue weighted by Crippen LogP contribution is 2.28. The predicted octanol–water partition coefficient (Wildman–Crippen LogP) is 4.40. The summed E-state index contributed by atoms with van der Waals surface area (Å²) >= 11 is 6.13. The molecule has 20 heavy (non-hydrogen) atoms. The summed E-state index contributed by atoms with van der Waals surface area (Å²) in [6, 6.07) is 15.7. The molecule has 1 unspecified atom stereocenters. The van der Waals surface area contributed by atoms with Crippen LogP contribution < -0.4 is 4.74 Å². The number of aliphatic hydroxyl groups is 1. The van der Waals surface area contributed by atoms with Gasteiger partial charge in [0.05, 0.1) is 17.7 Å². The summed E-state index contributed by atoms with van der Waals surface area (Å²) in [7, 11) is 0. The molecular formula is C17H19ClO2. The minimum absolute atomic E-state index is 0.514. The molecule has 1 N–H and O–H groups in total. The maximum Gasteiger partial charge on any atom is 0.137 e. The Morgan fingerprint density at radius 2 is 1.90 bits per heavy atom. The van der Waals surface area contributed by atoms with Crippen LogP contribution >= 0.6 is 11.6 Å². The minimum atomic E-state index is -0.514. The maximum absolute atomic E-state index is 9.48. The topological polar surface area (TPSA) is 29.5 Å². The Kier molecular flexibility index (Phi) is 5.45.